The molecule has 0 unspecified atom stereocenters. The maximum Gasteiger partial charge on any atom is 0.200 e. The highest BCUT2D eigenvalue weighted by molar-refractivity contribution is 7.09. The van der Waals surface area contributed by atoms with Crippen LogP contribution < -0.4 is 15.2 Å². The third-order valence-electron chi connectivity index (χ3n) is 2.13. The van der Waals surface area contributed by atoms with E-state index >= 15 is 0 Å². The van der Waals surface area contributed by atoms with Crippen molar-refractivity contribution in [2.24, 2.45) is 0 Å². The fourth-order valence-corrected chi connectivity index (χ4v) is 2.14. The zero-order valence-corrected chi connectivity index (χ0v) is 10.8. The van der Waals surface area contributed by atoms with Gasteiger partial charge in [-0.3, -0.25) is 0 Å². The second-order valence-corrected chi connectivity index (χ2v) is 4.34. The molecule has 1 aromatic heterocycles. The number of aromatic nitrogens is 2. The minimum absolute atomic E-state index is 0.408. The summed E-state index contributed by atoms with van der Waals surface area (Å²) < 4.78 is 14.4. The molecule has 0 spiro atoms. The molecule has 0 aliphatic rings. The van der Waals surface area contributed by atoms with Gasteiger partial charge >= 0.3 is 0 Å². The van der Waals surface area contributed by atoms with Crippen LogP contribution in [0.5, 0.6) is 11.5 Å². The van der Waals surface area contributed by atoms with E-state index in [1.165, 1.54) is 7.11 Å². The molecule has 1 heterocycles. The van der Waals surface area contributed by atoms with Gasteiger partial charge in [-0.2, -0.15) is 9.36 Å². The summed E-state index contributed by atoms with van der Waals surface area (Å²) in [4.78, 5) is 4.08. The third kappa shape index (κ3) is 2.27. The van der Waals surface area contributed by atoms with Gasteiger partial charge in [0.25, 0.3) is 0 Å². The van der Waals surface area contributed by atoms with Crippen LogP contribution in [0.4, 0.5) is 5.13 Å². The Hall–Kier alpha value is -1.53. The Morgan fingerprint density at radius 2 is 2.06 bits per heavy atom. The first-order valence-corrected chi connectivity index (χ1v) is 5.82. The first-order valence-electron chi connectivity index (χ1n) is 4.66. The monoisotopic (exact) mass is 271 g/mol. The summed E-state index contributed by atoms with van der Waals surface area (Å²) in [5.74, 6) is 1.54. The first kappa shape index (κ1) is 11.9. The van der Waals surface area contributed by atoms with Crippen LogP contribution in [0, 0.1) is 0 Å². The van der Waals surface area contributed by atoms with E-state index in [0.29, 0.717) is 27.5 Å². The highest BCUT2D eigenvalue weighted by Crippen LogP contribution is 2.38. The number of nitrogen functional groups attached to an aromatic ring is 1. The van der Waals surface area contributed by atoms with Gasteiger partial charge in [-0.15, -0.1) is 0 Å². The van der Waals surface area contributed by atoms with Gasteiger partial charge in [-0.05, 0) is 12.1 Å². The van der Waals surface area contributed by atoms with Gasteiger partial charge in [0.2, 0.25) is 0 Å². The lowest BCUT2D eigenvalue weighted by molar-refractivity contribution is 0.355. The summed E-state index contributed by atoms with van der Waals surface area (Å²) in [7, 11) is 3.07. The molecule has 2 rings (SSSR count). The third-order valence-corrected chi connectivity index (χ3v) is 2.96. The summed E-state index contributed by atoms with van der Waals surface area (Å²) in [5.41, 5.74) is 6.27. The molecule has 2 N–H and O–H groups in total. The molecule has 1 aromatic carbocycles. The number of ether oxygens (including phenoxy) is 2. The Bertz CT molecular complexity index is 544. The Morgan fingerprint density at radius 3 is 2.59 bits per heavy atom. The molecule has 0 aliphatic heterocycles. The maximum absolute atomic E-state index is 6.08. The van der Waals surface area contributed by atoms with Gasteiger partial charge in [0, 0.05) is 17.1 Å². The highest BCUT2D eigenvalue weighted by atomic mass is 35.5. The van der Waals surface area contributed by atoms with Crippen molar-refractivity contribution in [3.8, 4) is 22.9 Å². The molecule has 0 saturated carbocycles. The van der Waals surface area contributed by atoms with E-state index in [-0.39, 0.29) is 0 Å². The largest absolute Gasteiger partial charge is 0.493 e. The van der Waals surface area contributed by atoms with E-state index in [0.717, 1.165) is 17.1 Å². The lowest BCUT2D eigenvalue weighted by atomic mass is 10.2. The molecule has 0 bridgehead atoms. The number of hydrogen-bond donors (Lipinski definition) is 1. The van der Waals surface area contributed by atoms with E-state index in [4.69, 9.17) is 26.8 Å². The quantitative estimate of drug-likeness (QED) is 0.928. The Kier molecular flexibility index (Phi) is 3.35. The topological polar surface area (TPSA) is 70.3 Å². The second kappa shape index (κ2) is 4.77. The maximum atomic E-state index is 6.08. The van der Waals surface area contributed by atoms with Crippen LogP contribution in [0.2, 0.25) is 5.02 Å². The molecule has 0 atom stereocenters. The van der Waals surface area contributed by atoms with Crippen molar-refractivity contribution in [1.29, 1.82) is 0 Å². The normalized spacial score (nSPS) is 10.3. The minimum Gasteiger partial charge on any atom is -0.493 e. The Morgan fingerprint density at radius 1 is 1.29 bits per heavy atom. The average molecular weight is 272 g/mol. The zero-order chi connectivity index (χ0) is 12.4. The zero-order valence-electron chi connectivity index (χ0n) is 9.23. The van der Waals surface area contributed by atoms with Crippen molar-refractivity contribution in [1.82, 2.24) is 9.36 Å². The van der Waals surface area contributed by atoms with Gasteiger partial charge in [0.05, 0.1) is 19.2 Å². The highest BCUT2D eigenvalue weighted by Gasteiger charge is 2.14. The van der Waals surface area contributed by atoms with Gasteiger partial charge in [-0.1, -0.05) is 11.6 Å². The van der Waals surface area contributed by atoms with E-state index in [1.807, 2.05) is 0 Å². The standard InChI is InChI=1S/C10H10ClN3O2S/c1-15-7-4-5(3-6(11)8(7)16-2)9-13-10(12)17-14-9/h3-4H,1-2H3,(H2,12,13,14). The number of methoxy groups -OCH3 is 2. The number of rotatable bonds is 3. The lowest BCUT2D eigenvalue weighted by Gasteiger charge is -2.10. The van der Waals surface area contributed by atoms with Crippen LogP contribution in [-0.4, -0.2) is 23.6 Å². The molecular weight excluding hydrogens is 262 g/mol. The van der Waals surface area contributed by atoms with Crippen molar-refractivity contribution in [3.63, 3.8) is 0 Å². The van der Waals surface area contributed by atoms with Crippen molar-refractivity contribution < 1.29 is 9.47 Å². The van der Waals surface area contributed by atoms with Crippen molar-refractivity contribution in [2.75, 3.05) is 20.0 Å². The van der Waals surface area contributed by atoms with Crippen LogP contribution in [0.25, 0.3) is 11.4 Å². The first-order chi connectivity index (χ1) is 8.15. The molecule has 0 aliphatic carbocycles. The number of benzene rings is 1. The van der Waals surface area contributed by atoms with E-state index in [1.54, 1.807) is 19.2 Å². The van der Waals surface area contributed by atoms with Crippen LogP contribution in [-0.2, 0) is 0 Å². The molecule has 7 heteroatoms. The predicted octanol–water partition coefficient (Wildman–Crippen LogP) is 2.46. The second-order valence-electron chi connectivity index (χ2n) is 3.15. The smallest absolute Gasteiger partial charge is 0.200 e. The van der Waals surface area contributed by atoms with Crippen molar-refractivity contribution in [3.05, 3.63) is 17.2 Å². The van der Waals surface area contributed by atoms with E-state index in [2.05, 4.69) is 9.36 Å². The number of anilines is 1. The van der Waals surface area contributed by atoms with E-state index in [9.17, 15) is 0 Å². The van der Waals surface area contributed by atoms with Gasteiger partial charge in [0.15, 0.2) is 22.5 Å². The van der Waals surface area contributed by atoms with Crippen LogP contribution in [0.15, 0.2) is 12.1 Å². The van der Waals surface area contributed by atoms with Crippen LogP contribution in [0.1, 0.15) is 0 Å². The van der Waals surface area contributed by atoms with Crippen LogP contribution in [0.3, 0.4) is 0 Å². The van der Waals surface area contributed by atoms with Gasteiger partial charge < -0.3 is 15.2 Å². The summed E-state index contributed by atoms with van der Waals surface area (Å²) in [6.07, 6.45) is 0. The fourth-order valence-electron chi connectivity index (χ4n) is 1.40. The Balaban J connectivity index is 2.53. The van der Waals surface area contributed by atoms with Crippen LogP contribution >= 0.6 is 23.1 Å². The molecule has 5 nitrogen and oxygen atoms in total. The number of nitrogens with zero attached hydrogens (tertiary/aromatic N) is 2. The number of halogens is 1. The molecule has 17 heavy (non-hydrogen) atoms. The average Bonchev–Trinajstić information content (AvgIpc) is 2.74. The van der Waals surface area contributed by atoms with Crippen molar-refractivity contribution in [2.45, 2.75) is 0 Å². The SMILES string of the molecule is COc1cc(-c2nsc(N)n2)cc(Cl)c1OC. The lowest BCUT2D eigenvalue weighted by Crippen LogP contribution is -1.93. The number of hydrogen-bond acceptors (Lipinski definition) is 6. The molecule has 0 saturated heterocycles. The predicted molar refractivity (Wildman–Crippen MR) is 67.9 cm³/mol. The van der Waals surface area contributed by atoms with Crippen molar-refractivity contribution >= 4 is 28.3 Å². The summed E-state index contributed by atoms with van der Waals surface area (Å²) >= 11 is 7.21. The molecule has 90 valence electrons. The molecule has 0 fully saturated rings. The summed E-state index contributed by atoms with van der Waals surface area (Å²) in [5, 5.41) is 0.848. The van der Waals surface area contributed by atoms with Gasteiger partial charge in [-0.25, -0.2) is 0 Å². The van der Waals surface area contributed by atoms with Gasteiger partial charge in [0.1, 0.15) is 0 Å². The van der Waals surface area contributed by atoms with E-state index < -0.39 is 0 Å². The fraction of sp³-hybridized carbons (Fsp3) is 0.200. The minimum atomic E-state index is 0.408. The molecule has 2 aromatic rings. The summed E-state index contributed by atoms with van der Waals surface area (Å²) in [6, 6.07) is 3.47. The molecule has 0 amide bonds. The molecule has 0 radical (unpaired) electrons. The summed E-state index contributed by atoms with van der Waals surface area (Å²) in [6.45, 7) is 0. The number of nitrogens with two attached hydrogens (primary N) is 1. The Labute approximate surface area is 107 Å². The molecular formula is C10H10ClN3O2S.